The van der Waals surface area contributed by atoms with Gasteiger partial charge in [-0.25, -0.2) is 4.79 Å². The van der Waals surface area contributed by atoms with Crippen molar-refractivity contribution in [3.05, 3.63) is 56.2 Å². The Bertz CT molecular complexity index is 1000. The Morgan fingerprint density at radius 2 is 1.81 bits per heavy atom. The number of anilines is 2. The van der Waals surface area contributed by atoms with E-state index in [0.717, 1.165) is 4.57 Å². The van der Waals surface area contributed by atoms with Crippen molar-refractivity contribution in [2.75, 3.05) is 17.6 Å². The molecule has 8 heteroatoms. The van der Waals surface area contributed by atoms with Gasteiger partial charge < -0.3 is 11.1 Å². The number of para-hydroxylation sites is 1. The highest BCUT2D eigenvalue weighted by Crippen LogP contribution is 2.16. The van der Waals surface area contributed by atoms with Gasteiger partial charge in [0.25, 0.3) is 5.56 Å². The molecule has 0 bridgehead atoms. The molecule has 2 rings (SSSR count). The average Bonchev–Trinajstić information content (AvgIpc) is 2.62. The minimum atomic E-state index is -0.732. The largest absolute Gasteiger partial charge is 0.384 e. The standard InChI is InChI=1S/C19H24N4O4/c1-11(2)10-23-17(20)16(18(26)22(4)19(23)27)15(25)9-21-14-8-6-5-7-13(14)12(3)24/h5-8,11,21H,9-10,20H2,1-4H3. The number of rotatable bonds is 7. The summed E-state index contributed by atoms with van der Waals surface area (Å²) < 4.78 is 2.12. The lowest BCUT2D eigenvalue weighted by atomic mass is 10.1. The van der Waals surface area contributed by atoms with Crippen LogP contribution in [0.1, 0.15) is 41.5 Å². The molecule has 1 aromatic carbocycles. The van der Waals surface area contributed by atoms with Crippen molar-refractivity contribution in [3.8, 4) is 0 Å². The number of nitrogen functional groups attached to an aromatic ring is 1. The minimum absolute atomic E-state index is 0.103. The normalized spacial score (nSPS) is 10.9. The van der Waals surface area contributed by atoms with E-state index in [-0.39, 0.29) is 29.6 Å². The number of benzene rings is 1. The molecule has 1 aromatic heterocycles. The first-order valence-electron chi connectivity index (χ1n) is 8.61. The van der Waals surface area contributed by atoms with Gasteiger partial charge in [-0.2, -0.15) is 0 Å². The molecular formula is C19H24N4O4. The molecule has 0 saturated heterocycles. The Balaban J connectivity index is 2.40. The fraction of sp³-hybridized carbons (Fsp3) is 0.368. The van der Waals surface area contributed by atoms with E-state index in [9.17, 15) is 19.2 Å². The van der Waals surface area contributed by atoms with Gasteiger partial charge in [0.15, 0.2) is 11.6 Å². The number of ketones is 2. The van der Waals surface area contributed by atoms with Gasteiger partial charge in [-0.1, -0.05) is 26.0 Å². The van der Waals surface area contributed by atoms with Crippen LogP contribution in [-0.4, -0.2) is 27.2 Å². The van der Waals surface area contributed by atoms with E-state index in [1.165, 1.54) is 18.5 Å². The first-order chi connectivity index (χ1) is 12.6. The summed E-state index contributed by atoms with van der Waals surface area (Å²) in [5, 5.41) is 2.88. The second-order valence-electron chi connectivity index (χ2n) is 6.79. The van der Waals surface area contributed by atoms with Crippen molar-refractivity contribution in [1.29, 1.82) is 0 Å². The first-order valence-corrected chi connectivity index (χ1v) is 8.61. The van der Waals surface area contributed by atoms with Crippen LogP contribution in [0.3, 0.4) is 0 Å². The number of Topliss-reactive ketones (excluding diaryl/α,β-unsaturated/α-hetero) is 2. The number of carbonyl (C=O) groups is 2. The van der Waals surface area contributed by atoms with E-state index in [0.29, 0.717) is 17.8 Å². The first kappa shape index (κ1) is 20.2. The van der Waals surface area contributed by atoms with E-state index in [4.69, 9.17) is 5.73 Å². The summed E-state index contributed by atoms with van der Waals surface area (Å²) in [4.78, 5) is 49.1. The fourth-order valence-electron chi connectivity index (χ4n) is 2.80. The SMILES string of the molecule is CC(=O)c1ccccc1NCC(=O)c1c(N)n(CC(C)C)c(=O)n(C)c1=O. The van der Waals surface area contributed by atoms with Gasteiger partial charge in [0, 0.05) is 24.8 Å². The van der Waals surface area contributed by atoms with Crippen molar-refractivity contribution in [1.82, 2.24) is 9.13 Å². The van der Waals surface area contributed by atoms with Gasteiger partial charge in [-0.3, -0.25) is 23.5 Å². The second-order valence-corrected chi connectivity index (χ2v) is 6.79. The molecule has 8 nitrogen and oxygen atoms in total. The van der Waals surface area contributed by atoms with Gasteiger partial charge in [0.2, 0.25) is 0 Å². The van der Waals surface area contributed by atoms with Crippen molar-refractivity contribution in [2.24, 2.45) is 13.0 Å². The summed E-state index contributed by atoms with van der Waals surface area (Å²) in [6.45, 7) is 5.29. The Morgan fingerprint density at radius 1 is 1.19 bits per heavy atom. The molecule has 1 heterocycles. The highest BCUT2D eigenvalue weighted by molar-refractivity contribution is 6.04. The van der Waals surface area contributed by atoms with Crippen LogP contribution in [0.5, 0.6) is 0 Å². The van der Waals surface area contributed by atoms with Crippen LogP contribution in [0.25, 0.3) is 0 Å². The Hall–Kier alpha value is -3.16. The number of nitrogens with zero attached hydrogens (tertiary/aromatic N) is 2. The van der Waals surface area contributed by atoms with Crippen molar-refractivity contribution in [3.63, 3.8) is 0 Å². The topological polar surface area (TPSA) is 116 Å². The van der Waals surface area contributed by atoms with Crippen molar-refractivity contribution >= 4 is 23.1 Å². The molecule has 27 heavy (non-hydrogen) atoms. The summed E-state index contributed by atoms with van der Waals surface area (Å²) in [5.41, 5.74) is 5.41. The van der Waals surface area contributed by atoms with E-state index in [1.54, 1.807) is 24.3 Å². The summed E-state index contributed by atoms with van der Waals surface area (Å²) >= 11 is 0. The van der Waals surface area contributed by atoms with E-state index < -0.39 is 17.0 Å². The molecule has 0 radical (unpaired) electrons. The second kappa shape index (κ2) is 8.03. The zero-order valence-corrected chi connectivity index (χ0v) is 15.9. The maximum atomic E-state index is 12.7. The number of hydrogen-bond donors (Lipinski definition) is 2. The van der Waals surface area contributed by atoms with Crippen LogP contribution in [-0.2, 0) is 13.6 Å². The highest BCUT2D eigenvalue weighted by atomic mass is 16.2. The summed E-state index contributed by atoms with van der Waals surface area (Å²) in [5.74, 6) is -0.732. The van der Waals surface area contributed by atoms with Crippen LogP contribution in [0, 0.1) is 5.92 Å². The molecule has 0 atom stereocenters. The number of nitrogens with two attached hydrogens (primary N) is 1. The average molecular weight is 372 g/mol. The molecular weight excluding hydrogens is 348 g/mol. The van der Waals surface area contributed by atoms with E-state index >= 15 is 0 Å². The van der Waals surface area contributed by atoms with Gasteiger partial charge in [-0.15, -0.1) is 0 Å². The summed E-state index contributed by atoms with van der Waals surface area (Å²) in [6.07, 6.45) is 0. The number of aromatic nitrogens is 2. The Morgan fingerprint density at radius 3 is 2.41 bits per heavy atom. The van der Waals surface area contributed by atoms with Crippen LogP contribution >= 0.6 is 0 Å². The molecule has 2 aromatic rings. The Kier molecular flexibility index (Phi) is 5.99. The van der Waals surface area contributed by atoms with E-state index in [1.807, 2.05) is 13.8 Å². The highest BCUT2D eigenvalue weighted by Gasteiger charge is 2.22. The third-order valence-corrected chi connectivity index (χ3v) is 4.16. The van der Waals surface area contributed by atoms with Gasteiger partial charge in [0.05, 0.1) is 6.54 Å². The number of hydrogen-bond acceptors (Lipinski definition) is 6. The van der Waals surface area contributed by atoms with Crippen LogP contribution in [0.4, 0.5) is 11.5 Å². The lowest BCUT2D eigenvalue weighted by Crippen LogP contribution is -2.43. The maximum Gasteiger partial charge on any atom is 0.332 e. The predicted octanol–water partition coefficient (Wildman–Crippen LogP) is 1.28. The molecule has 0 saturated carbocycles. The van der Waals surface area contributed by atoms with Gasteiger partial charge >= 0.3 is 5.69 Å². The molecule has 0 unspecified atom stereocenters. The fourth-order valence-corrected chi connectivity index (χ4v) is 2.80. The van der Waals surface area contributed by atoms with Crippen molar-refractivity contribution in [2.45, 2.75) is 27.3 Å². The molecule has 0 amide bonds. The lowest BCUT2D eigenvalue weighted by Gasteiger charge is -2.16. The van der Waals surface area contributed by atoms with Crippen LogP contribution in [0.2, 0.25) is 0 Å². The quantitative estimate of drug-likeness (QED) is 0.707. The predicted molar refractivity (Wildman–Crippen MR) is 104 cm³/mol. The van der Waals surface area contributed by atoms with E-state index in [2.05, 4.69) is 5.32 Å². The molecule has 0 aliphatic rings. The van der Waals surface area contributed by atoms with Crippen molar-refractivity contribution < 1.29 is 9.59 Å². The number of nitrogens with one attached hydrogen (secondary N) is 1. The zero-order chi connectivity index (χ0) is 20.3. The van der Waals surface area contributed by atoms with Crippen LogP contribution < -0.4 is 22.3 Å². The summed E-state index contributed by atoms with van der Waals surface area (Å²) in [7, 11) is 1.32. The van der Waals surface area contributed by atoms with Crippen LogP contribution in [0.15, 0.2) is 33.9 Å². The Labute approximate surface area is 156 Å². The lowest BCUT2D eigenvalue weighted by molar-refractivity contribution is 0.0996. The third kappa shape index (κ3) is 4.16. The zero-order valence-electron chi connectivity index (χ0n) is 15.9. The number of carbonyl (C=O) groups excluding carboxylic acids is 2. The van der Waals surface area contributed by atoms with Gasteiger partial charge in [0.1, 0.15) is 11.4 Å². The monoisotopic (exact) mass is 372 g/mol. The maximum absolute atomic E-state index is 12.7. The molecule has 0 fully saturated rings. The molecule has 3 N–H and O–H groups in total. The van der Waals surface area contributed by atoms with Gasteiger partial charge in [-0.05, 0) is 25.0 Å². The third-order valence-electron chi connectivity index (χ3n) is 4.16. The molecule has 0 spiro atoms. The minimum Gasteiger partial charge on any atom is -0.384 e. The summed E-state index contributed by atoms with van der Waals surface area (Å²) in [6, 6.07) is 6.77. The smallest absolute Gasteiger partial charge is 0.332 e. The molecule has 0 aliphatic heterocycles. The molecule has 144 valence electrons. The molecule has 0 aliphatic carbocycles.